The monoisotopic (exact) mass is 507 g/mol. The van der Waals surface area contributed by atoms with Crippen LogP contribution < -0.4 is 24.3 Å². The van der Waals surface area contributed by atoms with Crippen molar-refractivity contribution in [2.75, 3.05) is 13.9 Å². The number of carbonyl (C=O) groups is 2. The zero-order chi connectivity index (χ0) is 26.1. The lowest BCUT2D eigenvalue weighted by atomic mass is 9.69. The molecule has 7 heteroatoms. The van der Waals surface area contributed by atoms with Crippen molar-refractivity contribution in [3.63, 3.8) is 0 Å². The number of rotatable bonds is 6. The molecule has 0 saturated heterocycles. The molecule has 0 fully saturated rings. The number of hydrogen-bond donors (Lipinski definition) is 1. The Hall–Kier alpha value is -4.78. The maximum atomic E-state index is 14.1. The summed E-state index contributed by atoms with van der Waals surface area (Å²) in [5, 5.41) is 3.12. The highest BCUT2D eigenvalue weighted by molar-refractivity contribution is 6.00. The summed E-state index contributed by atoms with van der Waals surface area (Å²) in [5.74, 6) is 0.584. The summed E-state index contributed by atoms with van der Waals surface area (Å²) in [6.45, 7) is 0.0826. The van der Waals surface area contributed by atoms with Crippen LogP contribution in [0.25, 0.3) is 0 Å². The fourth-order valence-corrected chi connectivity index (χ4v) is 5.21. The number of amides is 1. The summed E-state index contributed by atoms with van der Waals surface area (Å²) in [4.78, 5) is 27.8. The van der Waals surface area contributed by atoms with E-state index in [9.17, 15) is 9.59 Å². The molecule has 2 atom stereocenters. The van der Waals surface area contributed by atoms with Gasteiger partial charge >= 0.3 is 5.97 Å². The van der Waals surface area contributed by atoms with Gasteiger partial charge in [-0.15, -0.1) is 0 Å². The van der Waals surface area contributed by atoms with Gasteiger partial charge in [0, 0.05) is 29.5 Å². The van der Waals surface area contributed by atoms with Crippen molar-refractivity contribution in [1.29, 1.82) is 0 Å². The normalized spacial score (nSPS) is 19.3. The van der Waals surface area contributed by atoms with Crippen LogP contribution in [0.3, 0.4) is 0 Å². The van der Waals surface area contributed by atoms with Gasteiger partial charge in [0.15, 0.2) is 17.0 Å². The summed E-state index contributed by atoms with van der Waals surface area (Å²) in [6, 6.07) is 29.5. The maximum Gasteiger partial charge on any atom is 0.338 e. The first-order valence-electron chi connectivity index (χ1n) is 12.3. The molecule has 2 aliphatic heterocycles. The van der Waals surface area contributed by atoms with E-state index in [0.29, 0.717) is 34.1 Å². The first-order valence-corrected chi connectivity index (χ1v) is 12.3. The van der Waals surface area contributed by atoms with Gasteiger partial charge in [0.2, 0.25) is 6.79 Å². The van der Waals surface area contributed by atoms with Gasteiger partial charge in [-0.1, -0.05) is 60.7 Å². The van der Waals surface area contributed by atoms with E-state index in [1.807, 2.05) is 66.7 Å². The Labute approximate surface area is 219 Å². The first kappa shape index (κ1) is 23.6. The highest BCUT2D eigenvalue weighted by Crippen LogP contribution is 2.50. The van der Waals surface area contributed by atoms with E-state index < -0.39 is 17.4 Å². The lowest BCUT2D eigenvalue weighted by Gasteiger charge is -2.43. The lowest BCUT2D eigenvalue weighted by Crippen LogP contribution is -2.63. The first-order chi connectivity index (χ1) is 18.6. The van der Waals surface area contributed by atoms with E-state index in [4.69, 9.17) is 18.9 Å². The van der Waals surface area contributed by atoms with Crippen LogP contribution in [0.2, 0.25) is 0 Å². The summed E-state index contributed by atoms with van der Waals surface area (Å²) >= 11 is 0. The van der Waals surface area contributed by atoms with Gasteiger partial charge in [0.25, 0.3) is 5.91 Å². The highest BCUT2D eigenvalue weighted by Gasteiger charge is 2.54. The van der Waals surface area contributed by atoms with Crippen molar-refractivity contribution < 1.29 is 28.5 Å². The number of benzene rings is 4. The molecule has 0 spiro atoms. The molecule has 0 saturated carbocycles. The molecule has 0 aromatic heterocycles. The SMILES string of the molecule is COc1ccc([C@@H]2c3cc4c(cc3OC(=O)[C@]2(Cc2ccccc2)NC(=O)c2ccccc2)OCO4)cc1. The molecule has 190 valence electrons. The van der Waals surface area contributed by atoms with Gasteiger partial charge in [-0.25, -0.2) is 4.79 Å². The van der Waals surface area contributed by atoms with Crippen LogP contribution in [0.4, 0.5) is 0 Å². The molecular formula is C31H25NO6. The molecular weight excluding hydrogens is 482 g/mol. The number of carbonyl (C=O) groups excluding carboxylic acids is 2. The number of ether oxygens (including phenoxy) is 4. The third kappa shape index (κ3) is 4.12. The third-order valence-corrected chi connectivity index (χ3v) is 7.02. The van der Waals surface area contributed by atoms with E-state index in [1.165, 1.54) is 0 Å². The molecule has 6 rings (SSSR count). The largest absolute Gasteiger partial charge is 0.497 e. The van der Waals surface area contributed by atoms with Crippen molar-refractivity contribution in [2.24, 2.45) is 0 Å². The molecule has 1 N–H and O–H groups in total. The minimum absolute atomic E-state index is 0.0826. The van der Waals surface area contributed by atoms with Crippen molar-refractivity contribution in [3.8, 4) is 23.0 Å². The Bertz CT molecular complexity index is 1490. The van der Waals surface area contributed by atoms with Crippen LogP contribution in [0.1, 0.15) is 33.0 Å². The van der Waals surface area contributed by atoms with Crippen LogP contribution in [-0.2, 0) is 11.2 Å². The minimum atomic E-state index is -1.47. The molecule has 38 heavy (non-hydrogen) atoms. The van der Waals surface area contributed by atoms with Crippen molar-refractivity contribution in [1.82, 2.24) is 5.32 Å². The summed E-state index contributed by atoms with van der Waals surface area (Å²) < 4.78 is 22.6. The quantitative estimate of drug-likeness (QED) is 0.296. The Morgan fingerprint density at radius 1 is 0.895 bits per heavy atom. The highest BCUT2D eigenvalue weighted by atomic mass is 16.7. The molecule has 4 aromatic carbocycles. The van der Waals surface area contributed by atoms with Crippen LogP contribution in [0.5, 0.6) is 23.0 Å². The number of fused-ring (bicyclic) bond motifs is 2. The van der Waals surface area contributed by atoms with Crippen molar-refractivity contribution >= 4 is 11.9 Å². The van der Waals surface area contributed by atoms with Crippen LogP contribution in [0.15, 0.2) is 97.1 Å². The average molecular weight is 508 g/mol. The summed E-state index contributed by atoms with van der Waals surface area (Å²) in [7, 11) is 1.60. The molecule has 0 bridgehead atoms. The van der Waals surface area contributed by atoms with Crippen molar-refractivity contribution in [3.05, 3.63) is 119 Å². The molecule has 2 heterocycles. The van der Waals surface area contributed by atoms with Gasteiger partial charge in [0.05, 0.1) is 7.11 Å². The van der Waals surface area contributed by atoms with Crippen molar-refractivity contribution in [2.45, 2.75) is 17.9 Å². The maximum absolute atomic E-state index is 14.1. The van der Waals surface area contributed by atoms with Gasteiger partial charge < -0.3 is 24.3 Å². The Kier molecular flexibility index (Phi) is 5.96. The van der Waals surface area contributed by atoms with Crippen LogP contribution in [0, 0.1) is 0 Å². The third-order valence-electron chi connectivity index (χ3n) is 7.02. The molecule has 1 amide bonds. The summed E-state index contributed by atoms with van der Waals surface area (Å²) in [5.41, 5.74) is 1.37. The number of methoxy groups -OCH3 is 1. The minimum Gasteiger partial charge on any atom is -0.497 e. The predicted molar refractivity (Wildman–Crippen MR) is 140 cm³/mol. The van der Waals surface area contributed by atoms with Gasteiger partial charge in [-0.2, -0.15) is 0 Å². The van der Waals surface area contributed by atoms with Gasteiger partial charge in [-0.05, 0) is 41.5 Å². The van der Waals surface area contributed by atoms with E-state index in [1.54, 1.807) is 37.4 Å². The Balaban J connectivity index is 1.56. The van der Waals surface area contributed by atoms with E-state index in [0.717, 1.165) is 11.1 Å². The number of esters is 1. The zero-order valence-corrected chi connectivity index (χ0v) is 20.7. The van der Waals surface area contributed by atoms with Gasteiger partial charge in [-0.3, -0.25) is 4.79 Å². The van der Waals surface area contributed by atoms with E-state index in [-0.39, 0.29) is 19.1 Å². The number of hydrogen-bond acceptors (Lipinski definition) is 6. The Morgan fingerprint density at radius 2 is 1.55 bits per heavy atom. The molecule has 0 unspecified atom stereocenters. The predicted octanol–water partition coefficient (Wildman–Crippen LogP) is 4.89. The lowest BCUT2D eigenvalue weighted by molar-refractivity contribution is -0.143. The van der Waals surface area contributed by atoms with Gasteiger partial charge in [0.1, 0.15) is 11.5 Å². The standard InChI is InChI=1S/C31H25NO6/c1-35-23-14-12-21(13-15-23)28-24-16-26-27(37-19-36-26)17-25(24)38-30(34)31(28,18-20-8-4-2-5-9-20)32-29(33)22-10-6-3-7-11-22/h2-17,28H,18-19H2,1H3,(H,32,33)/t28-,31-/m1/s1. The zero-order valence-electron chi connectivity index (χ0n) is 20.7. The number of nitrogens with one attached hydrogen (secondary N) is 1. The Morgan fingerprint density at radius 3 is 2.24 bits per heavy atom. The molecule has 0 aliphatic carbocycles. The second kappa shape index (κ2) is 9.59. The molecule has 0 radical (unpaired) electrons. The second-order valence-electron chi connectivity index (χ2n) is 9.29. The van der Waals surface area contributed by atoms with E-state index in [2.05, 4.69) is 5.32 Å². The molecule has 4 aromatic rings. The molecule has 7 nitrogen and oxygen atoms in total. The van der Waals surface area contributed by atoms with E-state index >= 15 is 0 Å². The average Bonchev–Trinajstić information content (AvgIpc) is 3.41. The summed E-state index contributed by atoms with van der Waals surface area (Å²) in [6.07, 6.45) is 0.204. The smallest absolute Gasteiger partial charge is 0.338 e. The molecule has 2 aliphatic rings. The van der Waals surface area contributed by atoms with Crippen LogP contribution in [-0.4, -0.2) is 31.3 Å². The second-order valence-corrected chi connectivity index (χ2v) is 9.29. The fraction of sp³-hybridized carbons (Fsp3) is 0.161. The fourth-order valence-electron chi connectivity index (χ4n) is 5.21. The van der Waals surface area contributed by atoms with Crippen LogP contribution >= 0.6 is 0 Å². The topological polar surface area (TPSA) is 83.1 Å².